The molecule has 0 bridgehead atoms. The molecule has 0 N–H and O–H groups in total. The Hall–Kier alpha value is -3.76. The Kier molecular flexibility index (Phi) is 4.94. The van der Waals surface area contributed by atoms with Crippen LogP contribution in [0.3, 0.4) is 0 Å². The molecule has 0 unspecified atom stereocenters. The summed E-state index contributed by atoms with van der Waals surface area (Å²) in [7, 11) is 0. The van der Waals surface area contributed by atoms with Crippen molar-refractivity contribution >= 4 is 43.9 Å². The number of thiazole rings is 1. The van der Waals surface area contributed by atoms with Gasteiger partial charge in [0.1, 0.15) is 0 Å². The maximum Gasteiger partial charge on any atom is 0.271 e. The molecule has 0 aliphatic rings. The number of hydrogen-bond donors (Lipinski definition) is 0. The smallest absolute Gasteiger partial charge is 0.271 e. The first kappa shape index (κ1) is 18.6. The Labute approximate surface area is 169 Å². The van der Waals surface area contributed by atoms with Crippen LogP contribution in [0.15, 0.2) is 65.7 Å². The number of benzene rings is 3. The zero-order valence-electron chi connectivity index (χ0n) is 15.2. The number of carbonyl (C=O) groups excluding carboxylic acids is 1. The van der Waals surface area contributed by atoms with Gasteiger partial charge in [-0.1, -0.05) is 59.7 Å². The first-order valence-corrected chi connectivity index (χ1v) is 9.64. The average molecular weight is 401 g/mol. The van der Waals surface area contributed by atoms with Crippen LogP contribution in [0.5, 0.6) is 0 Å². The van der Waals surface area contributed by atoms with Crippen LogP contribution in [0.4, 0.5) is 5.69 Å². The van der Waals surface area contributed by atoms with Crippen LogP contribution in [0, 0.1) is 22.5 Å². The molecule has 0 spiro atoms. The number of amides is 1. The standard InChI is InChI=1S/C22H15N3O3S/c1-2-12-24-19-14-17(25(27)28)10-11-20(19)29-22(24)23-21(26)13-16-8-5-7-15-6-3-4-9-18(15)16/h1,3-11,14H,12-13H2. The normalized spacial score (nSPS) is 11.6. The second kappa shape index (κ2) is 7.70. The highest BCUT2D eigenvalue weighted by atomic mass is 32.1. The molecule has 0 saturated carbocycles. The molecule has 0 aliphatic carbocycles. The van der Waals surface area contributed by atoms with E-state index in [1.807, 2.05) is 42.5 Å². The topological polar surface area (TPSA) is 77.5 Å². The molecule has 6 nitrogen and oxygen atoms in total. The van der Waals surface area contributed by atoms with Crippen LogP contribution in [0.1, 0.15) is 5.56 Å². The van der Waals surface area contributed by atoms with E-state index in [1.54, 1.807) is 10.6 Å². The molecule has 4 aromatic rings. The van der Waals surface area contributed by atoms with E-state index < -0.39 is 4.92 Å². The summed E-state index contributed by atoms with van der Waals surface area (Å²) in [5, 5.41) is 13.2. The molecular formula is C22H15N3O3S. The van der Waals surface area contributed by atoms with Crippen molar-refractivity contribution in [2.45, 2.75) is 13.0 Å². The lowest BCUT2D eigenvalue weighted by Gasteiger charge is -2.04. The fourth-order valence-electron chi connectivity index (χ4n) is 3.26. The summed E-state index contributed by atoms with van der Waals surface area (Å²) in [4.78, 5) is 28.0. The minimum atomic E-state index is -0.459. The maximum atomic E-state index is 12.7. The van der Waals surface area contributed by atoms with E-state index in [4.69, 9.17) is 6.42 Å². The van der Waals surface area contributed by atoms with Gasteiger partial charge in [0.25, 0.3) is 11.6 Å². The Bertz CT molecular complexity index is 1370. The second-order valence-electron chi connectivity index (χ2n) is 6.40. The SMILES string of the molecule is C#CCn1c(=NC(=O)Cc2cccc3ccccc23)sc2ccc([N+](=O)[O-])cc21. The van der Waals surface area contributed by atoms with E-state index in [9.17, 15) is 14.9 Å². The predicted octanol–water partition coefficient (Wildman–Crippen LogP) is 4.07. The van der Waals surface area contributed by atoms with Gasteiger partial charge in [0, 0.05) is 12.1 Å². The van der Waals surface area contributed by atoms with Gasteiger partial charge in [0.15, 0.2) is 4.80 Å². The molecule has 0 atom stereocenters. The molecule has 29 heavy (non-hydrogen) atoms. The number of rotatable bonds is 4. The molecule has 3 aromatic carbocycles. The van der Waals surface area contributed by atoms with Crippen molar-refractivity contribution < 1.29 is 9.72 Å². The van der Waals surface area contributed by atoms with Crippen molar-refractivity contribution in [3.05, 3.63) is 81.1 Å². The van der Waals surface area contributed by atoms with Crippen LogP contribution in [-0.4, -0.2) is 15.4 Å². The molecule has 0 radical (unpaired) electrons. The summed E-state index contributed by atoms with van der Waals surface area (Å²) < 4.78 is 2.44. The summed E-state index contributed by atoms with van der Waals surface area (Å²) in [6, 6.07) is 18.2. The number of non-ortho nitro benzene ring substituents is 1. The van der Waals surface area contributed by atoms with E-state index in [1.165, 1.54) is 23.5 Å². The highest BCUT2D eigenvalue weighted by Crippen LogP contribution is 2.23. The van der Waals surface area contributed by atoms with Gasteiger partial charge in [0.2, 0.25) is 0 Å². The summed E-state index contributed by atoms with van der Waals surface area (Å²) in [5.41, 5.74) is 1.46. The Morgan fingerprint density at radius 1 is 1.17 bits per heavy atom. The Balaban J connectivity index is 1.77. The van der Waals surface area contributed by atoms with Crippen molar-refractivity contribution in [3.8, 4) is 12.3 Å². The second-order valence-corrected chi connectivity index (χ2v) is 7.41. The van der Waals surface area contributed by atoms with E-state index in [0.717, 1.165) is 21.0 Å². The quantitative estimate of drug-likeness (QED) is 0.294. The fourth-order valence-corrected chi connectivity index (χ4v) is 4.28. The lowest BCUT2D eigenvalue weighted by molar-refractivity contribution is -0.384. The Morgan fingerprint density at radius 2 is 1.97 bits per heavy atom. The molecular weight excluding hydrogens is 386 g/mol. The van der Waals surface area contributed by atoms with Gasteiger partial charge < -0.3 is 4.57 Å². The van der Waals surface area contributed by atoms with Crippen molar-refractivity contribution in [2.24, 2.45) is 4.99 Å². The van der Waals surface area contributed by atoms with Crippen molar-refractivity contribution in [3.63, 3.8) is 0 Å². The molecule has 0 aliphatic heterocycles. The largest absolute Gasteiger partial charge is 0.304 e. The van der Waals surface area contributed by atoms with Gasteiger partial charge in [0.05, 0.1) is 28.1 Å². The first-order chi connectivity index (χ1) is 14.1. The average Bonchev–Trinajstić information content (AvgIpc) is 3.05. The summed E-state index contributed by atoms with van der Waals surface area (Å²) in [6.07, 6.45) is 5.63. The Morgan fingerprint density at radius 3 is 2.76 bits per heavy atom. The minimum Gasteiger partial charge on any atom is -0.304 e. The van der Waals surface area contributed by atoms with Gasteiger partial charge in [-0.05, 0) is 22.4 Å². The molecule has 0 fully saturated rings. The lowest BCUT2D eigenvalue weighted by Crippen LogP contribution is -2.17. The fraction of sp³-hybridized carbons (Fsp3) is 0.0909. The van der Waals surface area contributed by atoms with Gasteiger partial charge >= 0.3 is 0 Å². The van der Waals surface area contributed by atoms with Crippen molar-refractivity contribution in [2.75, 3.05) is 0 Å². The van der Waals surface area contributed by atoms with Crippen LogP contribution < -0.4 is 4.80 Å². The van der Waals surface area contributed by atoms with E-state index in [-0.39, 0.29) is 24.6 Å². The number of terminal acetylenes is 1. The molecule has 7 heteroatoms. The van der Waals surface area contributed by atoms with Crippen LogP contribution >= 0.6 is 11.3 Å². The van der Waals surface area contributed by atoms with Gasteiger partial charge in [-0.2, -0.15) is 4.99 Å². The maximum absolute atomic E-state index is 12.7. The van der Waals surface area contributed by atoms with Crippen LogP contribution in [0.25, 0.3) is 21.0 Å². The number of nitro benzene ring substituents is 1. The summed E-state index contributed by atoms with van der Waals surface area (Å²) in [5.74, 6) is 2.23. The third kappa shape index (κ3) is 3.66. The number of nitro groups is 1. The third-order valence-electron chi connectivity index (χ3n) is 4.57. The molecule has 0 saturated heterocycles. The number of hydrogen-bond acceptors (Lipinski definition) is 4. The molecule has 1 amide bonds. The molecule has 1 aromatic heterocycles. The van der Waals surface area contributed by atoms with E-state index in [2.05, 4.69) is 10.9 Å². The van der Waals surface area contributed by atoms with Gasteiger partial charge in [-0.15, -0.1) is 6.42 Å². The van der Waals surface area contributed by atoms with Crippen molar-refractivity contribution in [1.29, 1.82) is 0 Å². The highest BCUT2D eigenvalue weighted by Gasteiger charge is 2.13. The zero-order chi connectivity index (χ0) is 20.4. The first-order valence-electron chi connectivity index (χ1n) is 8.82. The van der Waals surface area contributed by atoms with Gasteiger partial charge in [-0.3, -0.25) is 14.9 Å². The molecule has 4 rings (SSSR count). The van der Waals surface area contributed by atoms with E-state index >= 15 is 0 Å². The van der Waals surface area contributed by atoms with Crippen molar-refractivity contribution in [1.82, 2.24) is 4.57 Å². The van der Waals surface area contributed by atoms with Crippen LogP contribution in [0.2, 0.25) is 0 Å². The molecule has 1 heterocycles. The zero-order valence-corrected chi connectivity index (χ0v) is 16.1. The number of aromatic nitrogens is 1. The number of nitrogens with zero attached hydrogens (tertiary/aromatic N) is 3. The van der Waals surface area contributed by atoms with Gasteiger partial charge in [-0.25, -0.2) is 0 Å². The predicted molar refractivity (Wildman–Crippen MR) is 114 cm³/mol. The van der Waals surface area contributed by atoms with Crippen LogP contribution in [-0.2, 0) is 17.8 Å². The number of carbonyl (C=O) groups is 1. The lowest BCUT2D eigenvalue weighted by atomic mass is 10.0. The highest BCUT2D eigenvalue weighted by molar-refractivity contribution is 7.16. The van der Waals surface area contributed by atoms with E-state index in [0.29, 0.717) is 10.3 Å². The summed E-state index contributed by atoms with van der Waals surface area (Å²) >= 11 is 1.28. The third-order valence-corrected chi connectivity index (χ3v) is 5.63. The summed E-state index contributed by atoms with van der Waals surface area (Å²) in [6.45, 7) is 0.168. The monoisotopic (exact) mass is 401 g/mol. The number of fused-ring (bicyclic) bond motifs is 2. The minimum absolute atomic E-state index is 0.0327. The molecule has 142 valence electrons.